The molecule has 2 aromatic rings. The van der Waals surface area contributed by atoms with Crippen molar-refractivity contribution in [1.82, 2.24) is 5.32 Å². The lowest BCUT2D eigenvalue weighted by Gasteiger charge is -2.45. The number of benzene rings is 2. The van der Waals surface area contributed by atoms with Gasteiger partial charge in [-0.25, -0.2) is 0 Å². The molecular weight excluding hydrogens is 398 g/mol. The molecule has 2 bridgehead atoms. The fraction of sp³-hybridized carbons (Fsp3) is 0.435. The molecule has 8 nitrogen and oxygen atoms in total. The highest BCUT2D eigenvalue weighted by atomic mass is 16.6. The molecule has 31 heavy (non-hydrogen) atoms. The number of nitrogens with zero attached hydrogens (tertiary/aromatic N) is 2. The van der Waals surface area contributed by atoms with Gasteiger partial charge in [0.2, 0.25) is 5.91 Å². The molecule has 8 heteroatoms. The lowest BCUT2D eigenvalue weighted by atomic mass is 9.72. The molecule has 3 aliphatic rings. The summed E-state index contributed by atoms with van der Waals surface area (Å²) >= 11 is 0. The Kier molecular flexibility index (Phi) is 4.03. The quantitative estimate of drug-likeness (QED) is 0.598. The van der Waals surface area contributed by atoms with Crippen LogP contribution in [-0.4, -0.2) is 36.3 Å². The van der Waals surface area contributed by atoms with Crippen LogP contribution in [0.1, 0.15) is 44.2 Å². The molecule has 1 spiro atoms. The van der Waals surface area contributed by atoms with Gasteiger partial charge >= 0.3 is 0 Å². The summed E-state index contributed by atoms with van der Waals surface area (Å²) in [5, 5.41) is 14.4. The van der Waals surface area contributed by atoms with Crippen LogP contribution >= 0.6 is 0 Å². The van der Waals surface area contributed by atoms with Crippen molar-refractivity contribution in [2.24, 2.45) is 0 Å². The van der Waals surface area contributed by atoms with Gasteiger partial charge < -0.3 is 19.7 Å². The summed E-state index contributed by atoms with van der Waals surface area (Å²) in [6.45, 7) is 6.64. The summed E-state index contributed by atoms with van der Waals surface area (Å²) in [4.78, 5) is 26.4. The number of rotatable bonds is 4. The maximum absolute atomic E-state index is 13.3. The maximum Gasteiger partial charge on any atom is 0.269 e. The lowest BCUT2D eigenvalue weighted by molar-refractivity contribution is -0.385. The van der Waals surface area contributed by atoms with E-state index in [2.05, 4.69) is 24.1 Å². The SMILES string of the molecule is CCNC(=O)[C@H]1[C@@H]2C[C@@]3(Oc4ccc([N+](=O)[O-])cc42)N1c1ccc(OC)cc1C3(C)C. The Morgan fingerprint density at radius 1 is 1.32 bits per heavy atom. The van der Waals surface area contributed by atoms with Crippen molar-refractivity contribution in [3.05, 3.63) is 57.6 Å². The number of ether oxygens (including phenoxy) is 2. The molecule has 162 valence electrons. The van der Waals surface area contributed by atoms with Crippen molar-refractivity contribution in [2.45, 2.75) is 50.3 Å². The molecule has 0 radical (unpaired) electrons. The minimum Gasteiger partial charge on any atom is -0.497 e. The number of methoxy groups -OCH3 is 1. The van der Waals surface area contributed by atoms with Crippen LogP contribution in [0.15, 0.2) is 36.4 Å². The summed E-state index contributed by atoms with van der Waals surface area (Å²) in [6.07, 6.45) is 0.562. The van der Waals surface area contributed by atoms with Gasteiger partial charge in [0, 0.05) is 42.3 Å². The van der Waals surface area contributed by atoms with E-state index in [1.165, 1.54) is 6.07 Å². The Bertz CT molecular complexity index is 1110. The zero-order valence-corrected chi connectivity index (χ0v) is 18.0. The number of likely N-dealkylation sites (N-methyl/N-ethyl adjacent to an activating group) is 1. The number of hydrogen-bond donors (Lipinski definition) is 1. The van der Waals surface area contributed by atoms with E-state index in [0.29, 0.717) is 18.7 Å². The van der Waals surface area contributed by atoms with Gasteiger partial charge in [-0.05, 0) is 50.6 Å². The third-order valence-electron chi connectivity index (χ3n) is 7.16. The molecule has 3 aliphatic heterocycles. The van der Waals surface area contributed by atoms with Crippen molar-refractivity contribution in [3.8, 4) is 11.5 Å². The normalized spacial score (nSPS) is 26.4. The Labute approximate surface area is 180 Å². The zero-order chi connectivity index (χ0) is 22.1. The predicted molar refractivity (Wildman–Crippen MR) is 115 cm³/mol. The minimum atomic E-state index is -0.773. The first-order chi connectivity index (χ1) is 14.7. The van der Waals surface area contributed by atoms with E-state index in [1.54, 1.807) is 19.2 Å². The first-order valence-electron chi connectivity index (χ1n) is 10.5. The number of carbonyl (C=O) groups is 1. The van der Waals surface area contributed by atoms with E-state index >= 15 is 0 Å². The van der Waals surface area contributed by atoms with E-state index < -0.39 is 22.1 Å². The third-order valence-corrected chi connectivity index (χ3v) is 7.16. The molecule has 0 unspecified atom stereocenters. The number of non-ortho nitro benzene ring substituents is 1. The Morgan fingerprint density at radius 2 is 2.10 bits per heavy atom. The highest BCUT2D eigenvalue weighted by molar-refractivity contribution is 5.91. The highest BCUT2D eigenvalue weighted by Crippen LogP contribution is 2.65. The maximum atomic E-state index is 13.3. The van der Waals surface area contributed by atoms with Crippen LogP contribution in [0.5, 0.6) is 11.5 Å². The Balaban J connectivity index is 1.74. The second-order valence-corrected chi connectivity index (χ2v) is 8.89. The second-order valence-electron chi connectivity index (χ2n) is 8.89. The molecule has 1 saturated heterocycles. The molecule has 1 N–H and O–H groups in total. The van der Waals surface area contributed by atoms with E-state index in [0.717, 1.165) is 22.6 Å². The van der Waals surface area contributed by atoms with Crippen molar-refractivity contribution in [1.29, 1.82) is 0 Å². The Morgan fingerprint density at radius 3 is 2.77 bits per heavy atom. The molecule has 2 aromatic carbocycles. The van der Waals surface area contributed by atoms with Crippen LogP contribution in [0.25, 0.3) is 0 Å². The average Bonchev–Trinajstić information content (AvgIpc) is 3.12. The Hall–Kier alpha value is -3.29. The first-order valence-corrected chi connectivity index (χ1v) is 10.5. The summed E-state index contributed by atoms with van der Waals surface area (Å²) in [7, 11) is 1.64. The summed E-state index contributed by atoms with van der Waals surface area (Å²) in [6, 6.07) is 10.0. The number of nitro groups is 1. The van der Waals surface area contributed by atoms with Crippen molar-refractivity contribution in [3.63, 3.8) is 0 Å². The van der Waals surface area contributed by atoms with Crippen molar-refractivity contribution >= 4 is 17.3 Å². The number of carbonyl (C=O) groups excluding carboxylic acids is 1. The van der Waals surface area contributed by atoms with Gasteiger partial charge in [0.15, 0.2) is 5.72 Å². The van der Waals surface area contributed by atoms with Gasteiger partial charge in [0.05, 0.1) is 17.4 Å². The largest absolute Gasteiger partial charge is 0.497 e. The van der Waals surface area contributed by atoms with E-state index in [1.807, 2.05) is 25.1 Å². The predicted octanol–water partition coefficient (Wildman–Crippen LogP) is 3.48. The van der Waals surface area contributed by atoms with Crippen LogP contribution in [0.2, 0.25) is 0 Å². The van der Waals surface area contributed by atoms with Gasteiger partial charge in [-0.1, -0.05) is 0 Å². The molecule has 3 heterocycles. The number of hydrogen-bond acceptors (Lipinski definition) is 6. The first kappa shape index (κ1) is 19.7. The molecular formula is C23H25N3O5. The van der Waals surface area contributed by atoms with Crippen LogP contribution in [0, 0.1) is 10.1 Å². The van der Waals surface area contributed by atoms with Crippen LogP contribution in [0.3, 0.4) is 0 Å². The van der Waals surface area contributed by atoms with E-state index in [4.69, 9.17) is 9.47 Å². The summed E-state index contributed by atoms with van der Waals surface area (Å²) < 4.78 is 12.1. The minimum absolute atomic E-state index is 0.00408. The monoisotopic (exact) mass is 423 g/mol. The molecule has 1 fully saturated rings. The van der Waals surface area contributed by atoms with E-state index in [9.17, 15) is 14.9 Å². The van der Waals surface area contributed by atoms with Gasteiger partial charge in [0.25, 0.3) is 5.69 Å². The van der Waals surface area contributed by atoms with Crippen molar-refractivity contribution < 1.29 is 19.2 Å². The topological polar surface area (TPSA) is 93.9 Å². The zero-order valence-electron chi connectivity index (χ0n) is 18.0. The molecule has 0 saturated carbocycles. The van der Waals surface area contributed by atoms with Crippen LogP contribution in [-0.2, 0) is 10.2 Å². The van der Waals surface area contributed by atoms with Crippen LogP contribution < -0.4 is 19.7 Å². The number of fused-ring (bicyclic) bond motifs is 5. The second kappa shape index (κ2) is 6.35. The molecule has 0 aliphatic carbocycles. The van der Waals surface area contributed by atoms with Gasteiger partial charge in [0.1, 0.15) is 17.5 Å². The fourth-order valence-electron chi connectivity index (χ4n) is 5.67. The lowest BCUT2D eigenvalue weighted by Crippen LogP contribution is -2.59. The van der Waals surface area contributed by atoms with Gasteiger partial charge in [-0.3, -0.25) is 14.9 Å². The van der Waals surface area contributed by atoms with Crippen molar-refractivity contribution in [2.75, 3.05) is 18.6 Å². The smallest absolute Gasteiger partial charge is 0.269 e. The highest BCUT2D eigenvalue weighted by Gasteiger charge is 2.70. The summed E-state index contributed by atoms with van der Waals surface area (Å²) in [5.74, 6) is 1.04. The summed E-state index contributed by atoms with van der Waals surface area (Å²) in [5.41, 5.74) is 1.50. The van der Waals surface area contributed by atoms with Gasteiger partial charge in [-0.2, -0.15) is 0 Å². The number of nitrogens with one attached hydrogen (secondary N) is 1. The molecule has 1 amide bonds. The average molecular weight is 423 g/mol. The standard InChI is InChI=1S/C23H25N3O5/c1-5-24-21(27)20-16-12-23(31-19-9-6-13(26(28)29)10-15(16)19)22(2,3)17-11-14(30-4)7-8-18(17)25(20)23/h6-11,16,20H,5,12H2,1-4H3,(H,24,27)/t16-,20-,23+/m1/s1. The molecule has 5 rings (SSSR count). The number of amides is 1. The van der Waals surface area contributed by atoms with E-state index in [-0.39, 0.29) is 17.5 Å². The number of anilines is 1. The number of nitro benzene ring substituents is 1. The molecule has 3 atom stereocenters. The third kappa shape index (κ3) is 2.38. The fourth-order valence-corrected chi connectivity index (χ4v) is 5.67. The van der Waals surface area contributed by atoms with Crippen LogP contribution in [0.4, 0.5) is 11.4 Å². The molecule has 0 aromatic heterocycles. The van der Waals surface area contributed by atoms with Gasteiger partial charge in [-0.15, -0.1) is 0 Å².